The van der Waals surface area contributed by atoms with E-state index in [-0.39, 0.29) is 24.0 Å². The van der Waals surface area contributed by atoms with Crippen molar-refractivity contribution in [3.05, 3.63) is 90.0 Å². The van der Waals surface area contributed by atoms with Crippen LogP contribution in [-0.2, 0) is 21.4 Å². The highest BCUT2D eigenvalue weighted by molar-refractivity contribution is 7.92. The molecule has 3 aromatic rings. The van der Waals surface area contributed by atoms with Crippen LogP contribution in [0.3, 0.4) is 0 Å². The molecule has 0 saturated heterocycles. The van der Waals surface area contributed by atoms with E-state index in [1.54, 1.807) is 48.5 Å². The van der Waals surface area contributed by atoms with Crippen LogP contribution in [0, 0.1) is 12.8 Å². The first-order chi connectivity index (χ1) is 15.8. The predicted molar refractivity (Wildman–Crippen MR) is 131 cm³/mol. The molecule has 0 radical (unpaired) electrons. The highest BCUT2D eigenvalue weighted by Gasteiger charge is 2.25. The molecular formula is C26H30N2O4S. The Morgan fingerprint density at radius 2 is 1.58 bits per heavy atom. The number of amides is 1. The Labute approximate surface area is 196 Å². The average Bonchev–Trinajstić information content (AvgIpc) is 2.81. The normalized spacial score (nSPS) is 11.3. The molecule has 0 aliphatic carbocycles. The molecule has 33 heavy (non-hydrogen) atoms. The molecule has 0 bridgehead atoms. The van der Waals surface area contributed by atoms with Gasteiger partial charge in [0.1, 0.15) is 5.75 Å². The number of sulfonamides is 1. The fourth-order valence-electron chi connectivity index (χ4n) is 3.13. The van der Waals surface area contributed by atoms with E-state index in [4.69, 9.17) is 4.74 Å². The third-order valence-corrected chi connectivity index (χ3v) is 6.77. The SMILES string of the molecule is Cc1ccc(S(=O)(=O)N(Cc2ccccc2)c2ccc(OCC(=O)NCC(C)C)cc2)cc1. The van der Waals surface area contributed by atoms with Crippen molar-refractivity contribution in [1.82, 2.24) is 5.32 Å². The van der Waals surface area contributed by atoms with E-state index in [1.165, 1.54) is 4.31 Å². The number of rotatable bonds is 10. The van der Waals surface area contributed by atoms with Crippen molar-refractivity contribution in [2.24, 2.45) is 5.92 Å². The van der Waals surface area contributed by atoms with Gasteiger partial charge in [-0.3, -0.25) is 9.10 Å². The summed E-state index contributed by atoms with van der Waals surface area (Å²) in [4.78, 5) is 12.1. The maximum Gasteiger partial charge on any atom is 0.264 e. The van der Waals surface area contributed by atoms with E-state index in [0.717, 1.165) is 11.1 Å². The van der Waals surface area contributed by atoms with E-state index in [9.17, 15) is 13.2 Å². The smallest absolute Gasteiger partial charge is 0.264 e. The Balaban J connectivity index is 1.82. The Bertz CT molecular complexity index is 1140. The van der Waals surface area contributed by atoms with E-state index < -0.39 is 10.0 Å². The highest BCUT2D eigenvalue weighted by Crippen LogP contribution is 2.28. The lowest BCUT2D eigenvalue weighted by Crippen LogP contribution is -2.31. The van der Waals surface area contributed by atoms with Gasteiger partial charge in [-0.1, -0.05) is 61.9 Å². The quantitative estimate of drug-likeness (QED) is 0.476. The first-order valence-electron chi connectivity index (χ1n) is 10.9. The minimum atomic E-state index is -3.79. The Hall–Kier alpha value is -3.32. The van der Waals surface area contributed by atoms with E-state index >= 15 is 0 Å². The molecule has 174 valence electrons. The zero-order valence-electron chi connectivity index (χ0n) is 19.2. The van der Waals surface area contributed by atoms with Crippen molar-refractivity contribution in [3.8, 4) is 5.75 Å². The molecule has 0 saturated carbocycles. The molecule has 0 atom stereocenters. The average molecular weight is 467 g/mol. The van der Waals surface area contributed by atoms with Gasteiger partial charge in [-0.05, 0) is 54.8 Å². The van der Waals surface area contributed by atoms with Crippen LogP contribution < -0.4 is 14.4 Å². The van der Waals surface area contributed by atoms with Gasteiger partial charge >= 0.3 is 0 Å². The summed E-state index contributed by atoms with van der Waals surface area (Å²) < 4.78 is 34.0. The van der Waals surface area contributed by atoms with Crippen LogP contribution in [0.15, 0.2) is 83.8 Å². The van der Waals surface area contributed by atoms with Gasteiger partial charge in [0, 0.05) is 6.54 Å². The molecular weight excluding hydrogens is 436 g/mol. The highest BCUT2D eigenvalue weighted by atomic mass is 32.2. The molecule has 7 heteroatoms. The number of ether oxygens (including phenoxy) is 1. The van der Waals surface area contributed by atoms with Crippen LogP contribution in [0.5, 0.6) is 5.75 Å². The van der Waals surface area contributed by atoms with Gasteiger partial charge in [0.05, 0.1) is 17.1 Å². The van der Waals surface area contributed by atoms with Gasteiger partial charge in [0.2, 0.25) is 0 Å². The number of hydrogen-bond donors (Lipinski definition) is 1. The Kier molecular flexibility index (Phi) is 8.11. The van der Waals surface area contributed by atoms with Gasteiger partial charge in [-0.15, -0.1) is 0 Å². The molecule has 1 N–H and O–H groups in total. The van der Waals surface area contributed by atoms with Gasteiger partial charge in [0.25, 0.3) is 15.9 Å². The van der Waals surface area contributed by atoms with Crippen molar-refractivity contribution in [2.75, 3.05) is 17.5 Å². The first-order valence-corrected chi connectivity index (χ1v) is 12.3. The van der Waals surface area contributed by atoms with Crippen molar-refractivity contribution in [1.29, 1.82) is 0 Å². The zero-order valence-corrected chi connectivity index (χ0v) is 20.0. The van der Waals surface area contributed by atoms with Crippen LogP contribution in [0.2, 0.25) is 0 Å². The molecule has 6 nitrogen and oxygen atoms in total. The van der Waals surface area contributed by atoms with Crippen LogP contribution in [0.25, 0.3) is 0 Å². The molecule has 1 amide bonds. The number of hydrogen-bond acceptors (Lipinski definition) is 4. The van der Waals surface area contributed by atoms with Gasteiger partial charge in [-0.25, -0.2) is 8.42 Å². The zero-order chi connectivity index (χ0) is 23.8. The standard InChI is InChI=1S/C26H30N2O4S/c1-20(2)17-27-26(29)19-32-24-13-11-23(12-14-24)28(18-22-7-5-4-6-8-22)33(30,31)25-15-9-21(3)10-16-25/h4-16,20H,17-19H2,1-3H3,(H,27,29). The monoisotopic (exact) mass is 466 g/mol. The summed E-state index contributed by atoms with van der Waals surface area (Å²) in [5.41, 5.74) is 2.37. The fourth-order valence-corrected chi connectivity index (χ4v) is 4.58. The summed E-state index contributed by atoms with van der Waals surface area (Å²) in [6.07, 6.45) is 0. The number of nitrogens with zero attached hydrogens (tertiary/aromatic N) is 1. The van der Waals surface area contributed by atoms with Crippen LogP contribution in [-0.4, -0.2) is 27.5 Å². The van der Waals surface area contributed by atoms with Crippen LogP contribution >= 0.6 is 0 Å². The second-order valence-corrected chi connectivity index (χ2v) is 10.2. The summed E-state index contributed by atoms with van der Waals surface area (Å²) >= 11 is 0. The van der Waals surface area contributed by atoms with E-state index in [2.05, 4.69) is 5.32 Å². The maximum absolute atomic E-state index is 13.5. The van der Waals surface area contributed by atoms with Gasteiger partial charge in [-0.2, -0.15) is 0 Å². The van der Waals surface area contributed by atoms with Crippen LogP contribution in [0.4, 0.5) is 5.69 Å². The third-order valence-electron chi connectivity index (χ3n) is 4.98. The largest absolute Gasteiger partial charge is 0.484 e. The molecule has 0 unspecified atom stereocenters. The van der Waals surface area contributed by atoms with Crippen molar-refractivity contribution >= 4 is 21.6 Å². The minimum Gasteiger partial charge on any atom is -0.484 e. The Morgan fingerprint density at radius 3 is 2.18 bits per heavy atom. The lowest BCUT2D eigenvalue weighted by Gasteiger charge is -2.25. The molecule has 0 spiro atoms. The molecule has 0 heterocycles. The lowest BCUT2D eigenvalue weighted by atomic mass is 10.2. The number of aryl methyl sites for hydroxylation is 1. The second kappa shape index (κ2) is 11.0. The molecule has 0 aliphatic heterocycles. The summed E-state index contributed by atoms with van der Waals surface area (Å²) in [6.45, 7) is 6.64. The molecule has 0 aliphatic rings. The minimum absolute atomic E-state index is 0.0958. The summed E-state index contributed by atoms with van der Waals surface area (Å²) in [5.74, 6) is 0.658. The van der Waals surface area contributed by atoms with Crippen molar-refractivity contribution in [3.63, 3.8) is 0 Å². The number of benzene rings is 3. The van der Waals surface area contributed by atoms with Gasteiger partial charge < -0.3 is 10.1 Å². The molecule has 3 aromatic carbocycles. The predicted octanol–water partition coefficient (Wildman–Crippen LogP) is 4.54. The molecule has 3 rings (SSSR count). The van der Waals surface area contributed by atoms with Crippen LogP contribution in [0.1, 0.15) is 25.0 Å². The topological polar surface area (TPSA) is 75.7 Å². The van der Waals surface area contributed by atoms with E-state index in [1.807, 2.05) is 51.1 Å². The van der Waals surface area contributed by atoms with Crippen molar-refractivity contribution < 1.29 is 17.9 Å². The molecule has 0 aromatic heterocycles. The third kappa shape index (κ3) is 6.83. The van der Waals surface area contributed by atoms with Crippen molar-refractivity contribution in [2.45, 2.75) is 32.2 Å². The second-order valence-electron chi connectivity index (χ2n) is 8.29. The summed E-state index contributed by atoms with van der Waals surface area (Å²) in [7, 11) is -3.79. The number of carbonyl (C=O) groups excluding carboxylic acids is 1. The fraction of sp³-hybridized carbons (Fsp3) is 0.269. The Morgan fingerprint density at radius 1 is 0.939 bits per heavy atom. The summed E-state index contributed by atoms with van der Waals surface area (Å²) in [5, 5.41) is 2.80. The number of anilines is 1. The first kappa shape index (κ1) is 24.3. The maximum atomic E-state index is 13.5. The lowest BCUT2D eigenvalue weighted by molar-refractivity contribution is -0.123. The van der Waals surface area contributed by atoms with E-state index in [0.29, 0.717) is 23.9 Å². The number of carbonyl (C=O) groups is 1. The van der Waals surface area contributed by atoms with Gasteiger partial charge in [0.15, 0.2) is 6.61 Å². The molecule has 0 fully saturated rings. The summed E-state index contributed by atoms with van der Waals surface area (Å²) in [6, 6.07) is 23.0. The number of nitrogens with one attached hydrogen (secondary N) is 1.